The highest BCUT2D eigenvalue weighted by atomic mass is 79.9. The first-order valence-electron chi connectivity index (χ1n) is 4.12. The molecule has 1 aromatic rings. The quantitative estimate of drug-likeness (QED) is 0.605. The topological polar surface area (TPSA) is 17.1 Å². The fourth-order valence-corrected chi connectivity index (χ4v) is 1.97. The molecule has 0 saturated carbocycles. The van der Waals surface area contributed by atoms with Crippen molar-refractivity contribution in [1.82, 2.24) is 0 Å². The molecular weight excluding hydrogens is 287 g/mol. The molecule has 1 rings (SSSR count). The van der Waals surface area contributed by atoms with Crippen LogP contribution in [0.3, 0.4) is 0 Å². The summed E-state index contributed by atoms with van der Waals surface area (Å²) in [5.41, 5.74) is 1.49. The van der Waals surface area contributed by atoms with Crippen molar-refractivity contribution in [1.29, 1.82) is 0 Å². The fourth-order valence-electron chi connectivity index (χ4n) is 1.06. The van der Waals surface area contributed by atoms with Crippen molar-refractivity contribution in [2.75, 3.05) is 5.33 Å². The van der Waals surface area contributed by atoms with Crippen LogP contribution in [0.4, 0.5) is 0 Å². The van der Waals surface area contributed by atoms with Crippen molar-refractivity contribution in [3.8, 4) is 0 Å². The van der Waals surface area contributed by atoms with Crippen LogP contribution in [0.25, 0.3) is 0 Å². The average Bonchev–Trinajstić information content (AvgIpc) is 2.18. The van der Waals surface area contributed by atoms with Crippen LogP contribution in [0.1, 0.15) is 22.3 Å². The van der Waals surface area contributed by atoms with Crippen molar-refractivity contribution in [3.63, 3.8) is 0 Å². The molecule has 0 saturated heterocycles. The van der Waals surface area contributed by atoms with E-state index in [2.05, 4.69) is 15.9 Å². The molecule has 0 fully saturated rings. The Morgan fingerprint density at radius 2 is 2.14 bits per heavy atom. The van der Waals surface area contributed by atoms with Crippen molar-refractivity contribution >= 4 is 44.9 Å². The third kappa shape index (κ3) is 2.97. The summed E-state index contributed by atoms with van der Waals surface area (Å²) >= 11 is 14.8. The maximum Gasteiger partial charge on any atom is 0.163 e. The molecular formula is C10H9BrCl2O. The lowest BCUT2D eigenvalue weighted by Crippen LogP contribution is -1.99. The van der Waals surface area contributed by atoms with Gasteiger partial charge in [-0.1, -0.05) is 39.7 Å². The van der Waals surface area contributed by atoms with E-state index in [-0.39, 0.29) is 5.78 Å². The van der Waals surface area contributed by atoms with Crippen LogP contribution in [0.2, 0.25) is 5.02 Å². The van der Waals surface area contributed by atoms with Gasteiger partial charge in [-0.25, -0.2) is 0 Å². The van der Waals surface area contributed by atoms with Crippen molar-refractivity contribution in [2.24, 2.45) is 0 Å². The lowest BCUT2D eigenvalue weighted by molar-refractivity contribution is 0.0990. The monoisotopic (exact) mass is 294 g/mol. The van der Waals surface area contributed by atoms with Crippen LogP contribution < -0.4 is 0 Å². The molecule has 76 valence electrons. The van der Waals surface area contributed by atoms with Crippen molar-refractivity contribution in [2.45, 2.75) is 12.3 Å². The van der Waals surface area contributed by atoms with Gasteiger partial charge in [-0.2, -0.15) is 0 Å². The first-order chi connectivity index (χ1) is 6.69. The summed E-state index contributed by atoms with van der Waals surface area (Å²) in [6.45, 7) is 0. The van der Waals surface area contributed by atoms with E-state index in [4.69, 9.17) is 23.2 Å². The van der Waals surface area contributed by atoms with E-state index < -0.39 is 0 Å². The van der Waals surface area contributed by atoms with Gasteiger partial charge in [0.1, 0.15) is 0 Å². The van der Waals surface area contributed by atoms with Crippen LogP contribution >= 0.6 is 39.1 Å². The molecule has 0 aliphatic rings. The van der Waals surface area contributed by atoms with Gasteiger partial charge in [0.2, 0.25) is 0 Å². The predicted octanol–water partition coefficient (Wildman–Crippen LogP) is 4.05. The molecule has 0 bridgehead atoms. The Morgan fingerprint density at radius 1 is 1.43 bits per heavy atom. The molecule has 0 N–H and O–H groups in total. The Balaban J connectivity index is 2.91. The highest BCUT2D eigenvalue weighted by Crippen LogP contribution is 2.20. The number of benzene rings is 1. The summed E-state index contributed by atoms with van der Waals surface area (Å²) in [6, 6.07) is 5.22. The first-order valence-corrected chi connectivity index (χ1v) is 6.16. The molecule has 1 aromatic carbocycles. The molecule has 0 aromatic heterocycles. The molecule has 4 heteroatoms. The molecule has 14 heavy (non-hydrogen) atoms. The number of carbonyl (C=O) groups is 1. The van der Waals surface area contributed by atoms with Gasteiger partial charge in [0.05, 0.1) is 0 Å². The summed E-state index contributed by atoms with van der Waals surface area (Å²) < 4.78 is 0. The van der Waals surface area contributed by atoms with Crippen LogP contribution in [0, 0.1) is 0 Å². The molecule has 0 heterocycles. The minimum atomic E-state index is 0.0879. The lowest BCUT2D eigenvalue weighted by Gasteiger charge is -2.03. The Kier molecular flexibility index (Phi) is 4.93. The maximum atomic E-state index is 11.5. The number of halogens is 3. The van der Waals surface area contributed by atoms with Crippen LogP contribution in [-0.2, 0) is 5.88 Å². The molecule has 0 atom stereocenters. The predicted molar refractivity (Wildman–Crippen MR) is 63.8 cm³/mol. The van der Waals surface area contributed by atoms with Gasteiger partial charge in [-0.3, -0.25) is 4.79 Å². The Bertz CT molecular complexity index is 339. The van der Waals surface area contributed by atoms with Crippen LogP contribution in [0.5, 0.6) is 0 Å². The lowest BCUT2D eigenvalue weighted by atomic mass is 10.1. The molecule has 0 unspecified atom stereocenters. The smallest absolute Gasteiger partial charge is 0.163 e. The largest absolute Gasteiger partial charge is 0.294 e. The Labute approximate surface area is 102 Å². The summed E-state index contributed by atoms with van der Waals surface area (Å²) in [6.07, 6.45) is 0.483. The van der Waals surface area contributed by atoms with Gasteiger partial charge in [0, 0.05) is 28.2 Å². The van der Waals surface area contributed by atoms with Crippen LogP contribution in [0.15, 0.2) is 18.2 Å². The third-order valence-corrected chi connectivity index (χ3v) is 2.88. The zero-order valence-corrected chi connectivity index (χ0v) is 10.5. The van der Waals surface area contributed by atoms with E-state index in [0.717, 1.165) is 5.56 Å². The normalized spacial score (nSPS) is 10.2. The number of carbonyl (C=O) groups excluding carboxylic acids is 1. The van der Waals surface area contributed by atoms with Gasteiger partial charge in [0.15, 0.2) is 5.78 Å². The number of ketones is 1. The zero-order valence-electron chi connectivity index (χ0n) is 7.40. The van der Waals surface area contributed by atoms with Gasteiger partial charge in [-0.15, -0.1) is 11.6 Å². The third-order valence-electron chi connectivity index (χ3n) is 1.84. The first kappa shape index (κ1) is 12.0. The summed E-state index contributed by atoms with van der Waals surface area (Å²) in [7, 11) is 0. The van der Waals surface area contributed by atoms with E-state index in [9.17, 15) is 4.79 Å². The molecule has 0 spiro atoms. The zero-order chi connectivity index (χ0) is 10.6. The second-order valence-corrected chi connectivity index (χ2v) is 4.27. The minimum Gasteiger partial charge on any atom is -0.294 e. The van der Waals surface area contributed by atoms with E-state index >= 15 is 0 Å². The maximum absolute atomic E-state index is 11.5. The minimum absolute atomic E-state index is 0.0879. The summed E-state index contributed by atoms with van der Waals surface area (Å²) in [5.74, 6) is 0.455. The Hall–Kier alpha value is -0.0500. The van der Waals surface area contributed by atoms with Crippen molar-refractivity contribution in [3.05, 3.63) is 34.3 Å². The van der Waals surface area contributed by atoms with E-state index in [1.54, 1.807) is 18.2 Å². The number of Topliss-reactive ketones (excluding diaryl/α,β-unsaturated/α-hetero) is 1. The highest BCUT2D eigenvalue weighted by Gasteiger charge is 2.07. The molecule has 0 amide bonds. The van der Waals surface area contributed by atoms with E-state index in [1.165, 1.54) is 0 Å². The fraction of sp³-hybridized carbons (Fsp3) is 0.300. The summed E-state index contributed by atoms with van der Waals surface area (Å²) in [4.78, 5) is 11.5. The van der Waals surface area contributed by atoms with Gasteiger partial charge < -0.3 is 0 Å². The SMILES string of the molecule is O=C(CCBr)c1ccc(CCl)c(Cl)c1. The van der Waals surface area contributed by atoms with Gasteiger partial charge in [0.25, 0.3) is 0 Å². The molecule has 0 aliphatic heterocycles. The summed E-state index contributed by atoms with van der Waals surface area (Å²) in [5, 5.41) is 1.22. The number of alkyl halides is 2. The van der Waals surface area contributed by atoms with Gasteiger partial charge >= 0.3 is 0 Å². The highest BCUT2D eigenvalue weighted by molar-refractivity contribution is 9.09. The molecule has 0 aliphatic carbocycles. The van der Waals surface area contributed by atoms with Crippen LogP contribution in [-0.4, -0.2) is 11.1 Å². The molecule has 1 nitrogen and oxygen atoms in total. The van der Waals surface area contributed by atoms with E-state index in [0.29, 0.717) is 28.2 Å². The number of hydrogen-bond donors (Lipinski definition) is 0. The van der Waals surface area contributed by atoms with Crippen molar-refractivity contribution < 1.29 is 4.79 Å². The number of hydrogen-bond acceptors (Lipinski definition) is 1. The van der Waals surface area contributed by atoms with Gasteiger partial charge in [-0.05, 0) is 11.6 Å². The molecule has 0 radical (unpaired) electrons. The second kappa shape index (κ2) is 5.74. The van der Waals surface area contributed by atoms with E-state index in [1.807, 2.05) is 0 Å². The number of rotatable bonds is 4. The second-order valence-electron chi connectivity index (χ2n) is 2.80. The Morgan fingerprint density at radius 3 is 2.64 bits per heavy atom. The standard InChI is InChI=1S/C10H9BrCl2O/c11-4-3-10(14)7-1-2-8(6-12)9(13)5-7/h1-2,5H,3-4,6H2. The average molecular weight is 296 g/mol.